The summed E-state index contributed by atoms with van der Waals surface area (Å²) in [5, 5.41) is 3.64. The number of ether oxygens (including phenoxy) is 2. The quantitative estimate of drug-likeness (QED) is 0.446. The van der Waals surface area contributed by atoms with Gasteiger partial charge in [0.05, 0.1) is 32.3 Å². The van der Waals surface area contributed by atoms with Crippen molar-refractivity contribution in [2.75, 3.05) is 13.2 Å². The minimum Gasteiger partial charge on any atom is -0.466 e. The third-order valence-electron chi connectivity index (χ3n) is 4.88. The Morgan fingerprint density at radius 3 is 1.90 bits per heavy atom. The van der Waals surface area contributed by atoms with E-state index in [1.807, 2.05) is 73.7 Å². The maximum Gasteiger partial charge on any atom is 0.307 e. The smallest absolute Gasteiger partial charge is 0.307 e. The van der Waals surface area contributed by atoms with Crippen LogP contribution in [0.1, 0.15) is 42.1 Å². The van der Waals surface area contributed by atoms with E-state index in [-0.39, 0.29) is 24.5 Å². The van der Waals surface area contributed by atoms with Gasteiger partial charge in [-0.2, -0.15) is 0 Å². The molecule has 3 aromatic carbocycles. The number of nitrogens with one attached hydrogen (secondary N) is 1. The molecule has 1 N–H and O–H groups in total. The number of rotatable bonds is 11. The minimum atomic E-state index is -0.212. The van der Waals surface area contributed by atoms with Crippen LogP contribution in [0.5, 0.6) is 0 Å². The van der Waals surface area contributed by atoms with Gasteiger partial charge in [0, 0.05) is 6.04 Å². The van der Waals surface area contributed by atoms with Gasteiger partial charge in [-0.1, -0.05) is 91.0 Å². The highest BCUT2D eigenvalue weighted by atomic mass is 16.5. The molecule has 0 saturated carbocycles. The maximum absolute atomic E-state index is 12.3. The zero-order valence-corrected chi connectivity index (χ0v) is 17.4. The second-order valence-corrected chi connectivity index (χ2v) is 7.10. The van der Waals surface area contributed by atoms with Gasteiger partial charge in [-0.25, -0.2) is 0 Å². The van der Waals surface area contributed by atoms with Gasteiger partial charge >= 0.3 is 5.97 Å². The Hall–Kier alpha value is -2.95. The van der Waals surface area contributed by atoms with E-state index in [2.05, 4.69) is 29.6 Å². The summed E-state index contributed by atoms with van der Waals surface area (Å²) in [4.78, 5) is 12.3. The van der Waals surface area contributed by atoms with Gasteiger partial charge in [-0.3, -0.25) is 4.79 Å². The maximum atomic E-state index is 12.3. The van der Waals surface area contributed by atoms with Crippen molar-refractivity contribution in [3.8, 4) is 0 Å². The second kappa shape index (κ2) is 11.9. The van der Waals surface area contributed by atoms with Crippen LogP contribution < -0.4 is 5.32 Å². The van der Waals surface area contributed by atoms with E-state index in [1.54, 1.807) is 0 Å². The minimum absolute atomic E-state index is 0.0606. The highest BCUT2D eigenvalue weighted by Gasteiger charge is 2.22. The normalized spacial score (nSPS) is 12.8. The predicted molar refractivity (Wildman–Crippen MR) is 119 cm³/mol. The average molecular weight is 404 g/mol. The van der Waals surface area contributed by atoms with Gasteiger partial charge in [0.2, 0.25) is 0 Å². The monoisotopic (exact) mass is 403 g/mol. The number of hydrogen-bond acceptors (Lipinski definition) is 4. The molecule has 0 spiro atoms. The molecular formula is C26H29NO3. The largest absolute Gasteiger partial charge is 0.466 e. The molecule has 2 atom stereocenters. The van der Waals surface area contributed by atoms with E-state index in [1.165, 1.54) is 0 Å². The Morgan fingerprint density at radius 2 is 1.33 bits per heavy atom. The molecule has 0 amide bonds. The molecule has 4 heteroatoms. The molecule has 0 aliphatic heterocycles. The van der Waals surface area contributed by atoms with Crippen LogP contribution in [0.3, 0.4) is 0 Å². The molecule has 0 radical (unpaired) electrons. The van der Waals surface area contributed by atoms with Crippen molar-refractivity contribution in [2.24, 2.45) is 0 Å². The third kappa shape index (κ3) is 6.83. The van der Waals surface area contributed by atoms with Crippen molar-refractivity contribution in [2.45, 2.75) is 32.0 Å². The summed E-state index contributed by atoms with van der Waals surface area (Å²) in [7, 11) is 0. The van der Waals surface area contributed by atoms with Gasteiger partial charge in [0.15, 0.2) is 0 Å². The number of hydrogen-bond donors (Lipinski definition) is 1. The zero-order valence-electron chi connectivity index (χ0n) is 17.4. The fraction of sp³-hybridized carbons (Fsp3) is 0.269. The SMILES string of the molecule is CCOC(=O)C[C@@H](N[C@@H](COCc1ccccc1)c1ccccc1)c1ccccc1. The summed E-state index contributed by atoms with van der Waals surface area (Å²) in [6.45, 7) is 3.24. The third-order valence-corrected chi connectivity index (χ3v) is 4.88. The molecule has 0 bridgehead atoms. The number of esters is 1. The molecule has 156 valence electrons. The lowest BCUT2D eigenvalue weighted by Crippen LogP contribution is -2.31. The summed E-state index contributed by atoms with van der Waals surface area (Å²) < 4.78 is 11.3. The Balaban J connectivity index is 1.75. The number of carbonyl (C=O) groups excluding carboxylic acids is 1. The molecule has 3 rings (SSSR count). The van der Waals surface area contributed by atoms with Crippen LogP contribution in [0.4, 0.5) is 0 Å². The van der Waals surface area contributed by atoms with Gasteiger partial charge in [0.25, 0.3) is 0 Å². The van der Waals surface area contributed by atoms with Crippen LogP contribution >= 0.6 is 0 Å². The first-order valence-corrected chi connectivity index (χ1v) is 10.4. The topological polar surface area (TPSA) is 47.6 Å². The molecule has 0 saturated heterocycles. The Kier molecular flexibility index (Phi) is 8.63. The molecule has 0 aliphatic carbocycles. The van der Waals surface area contributed by atoms with Crippen molar-refractivity contribution in [3.05, 3.63) is 108 Å². The summed E-state index contributed by atoms with van der Waals surface area (Å²) in [5.41, 5.74) is 3.31. The summed E-state index contributed by atoms with van der Waals surface area (Å²) >= 11 is 0. The van der Waals surface area contributed by atoms with Crippen LogP contribution in [0.2, 0.25) is 0 Å². The van der Waals surface area contributed by atoms with Crippen molar-refractivity contribution >= 4 is 5.97 Å². The molecule has 0 unspecified atom stereocenters. The first-order chi connectivity index (χ1) is 14.8. The number of carbonyl (C=O) groups is 1. The Bertz CT molecular complexity index is 869. The van der Waals surface area contributed by atoms with Crippen LogP contribution in [0, 0.1) is 0 Å². The van der Waals surface area contributed by atoms with Crippen molar-refractivity contribution in [3.63, 3.8) is 0 Å². The summed E-state index contributed by atoms with van der Waals surface area (Å²) in [6.07, 6.45) is 0.264. The number of benzene rings is 3. The highest BCUT2D eigenvalue weighted by molar-refractivity contribution is 5.70. The molecule has 0 aromatic heterocycles. The van der Waals surface area contributed by atoms with Gasteiger partial charge in [-0.15, -0.1) is 0 Å². The van der Waals surface area contributed by atoms with E-state index in [0.29, 0.717) is 19.8 Å². The standard InChI is InChI=1S/C26H29NO3/c1-2-30-26(28)18-24(22-14-8-4-9-15-22)27-25(23-16-10-5-11-17-23)20-29-19-21-12-6-3-7-13-21/h3-17,24-25,27H,2,18-20H2,1H3/t24-,25+/m1/s1. The lowest BCUT2D eigenvalue weighted by Gasteiger charge is -2.26. The Morgan fingerprint density at radius 1 is 0.800 bits per heavy atom. The second-order valence-electron chi connectivity index (χ2n) is 7.10. The first kappa shape index (κ1) is 21.8. The van der Waals surface area contributed by atoms with Crippen molar-refractivity contribution in [1.82, 2.24) is 5.32 Å². The molecule has 0 aliphatic rings. The highest BCUT2D eigenvalue weighted by Crippen LogP contribution is 2.24. The van der Waals surface area contributed by atoms with Gasteiger partial charge < -0.3 is 14.8 Å². The van der Waals surface area contributed by atoms with E-state index in [0.717, 1.165) is 16.7 Å². The van der Waals surface area contributed by atoms with Crippen molar-refractivity contribution in [1.29, 1.82) is 0 Å². The summed E-state index contributed by atoms with van der Waals surface area (Å²) in [5.74, 6) is -0.212. The molecule has 0 heterocycles. The fourth-order valence-corrected chi connectivity index (χ4v) is 3.38. The predicted octanol–water partition coefficient (Wildman–Crippen LogP) is 5.23. The van der Waals surface area contributed by atoms with E-state index >= 15 is 0 Å². The van der Waals surface area contributed by atoms with Crippen LogP contribution in [-0.2, 0) is 20.9 Å². The zero-order chi connectivity index (χ0) is 21.0. The molecular weight excluding hydrogens is 374 g/mol. The lowest BCUT2D eigenvalue weighted by atomic mass is 10.00. The van der Waals surface area contributed by atoms with E-state index < -0.39 is 0 Å². The average Bonchev–Trinajstić information content (AvgIpc) is 2.80. The van der Waals surface area contributed by atoms with Crippen LogP contribution in [0.15, 0.2) is 91.0 Å². The van der Waals surface area contributed by atoms with E-state index in [9.17, 15) is 4.79 Å². The van der Waals surface area contributed by atoms with Crippen LogP contribution in [-0.4, -0.2) is 19.2 Å². The van der Waals surface area contributed by atoms with Crippen molar-refractivity contribution < 1.29 is 14.3 Å². The van der Waals surface area contributed by atoms with E-state index in [4.69, 9.17) is 9.47 Å². The fourth-order valence-electron chi connectivity index (χ4n) is 3.38. The molecule has 3 aromatic rings. The molecule has 4 nitrogen and oxygen atoms in total. The Labute approximate surface area is 178 Å². The van der Waals surface area contributed by atoms with Gasteiger partial charge in [0.1, 0.15) is 0 Å². The van der Waals surface area contributed by atoms with Gasteiger partial charge in [-0.05, 0) is 23.6 Å². The molecule has 30 heavy (non-hydrogen) atoms. The lowest BCUT2D eigenvalue weighted by molar-refractivity contribution is -0.143. The molecule has 0 fully saturated rings. The first-order valence-electron chi connectivity index (χ1n) is 10.4. The van der Waals surface area contributed by atoms with Crippen LogP contribution in [0.25, 0.3) is 0 Å². The summed E-state index contributed by atoms with van der Waals surface area (Å²) in [6, 6.07) is 30.1.